The summed E-state index contributed by atoms with van der Waals surface area (Å²) in [6, 6.07) is 1.03. The van der Waals surface area contributed by atoms with Crippen LogP contribution in [0.4, 0.5) is 32.0 Å². The summed E-state index contributed by atoms with van der Waals surface area (Å²) in [6.07, 6.45) is -14.7. The molecule has 2 N–H and O–H groups in total. The summed E-state index contributed by atoms with van der Waals surface area (Å²) in [4.78, 5) is 24.2. The summed E-state index contributed by atoms with van der Waals surface area (Å²) in [5.74, 6) is -6.11. The second-order valence-corrected chi connectivity index (χ2v) is 8.11. The number of hydrogen-bond acceptors (Lipinski definition) is 5. The Balaban J connectivity index is 3.91. The molecular weight excluding hydrogens is 481 g/mol. The Labute approximate surface area is 188 Å². The number of carbonyl (C=O) groups is 2. The first-order valence-corrected chi connectivity index (χ1v) is 10.3. The van der Waals surface area contributed by atoms with Crippen molar-refractivity contribution >= 4 is 51.2 Å². The number of alkyl halides is 6. The van der Waals surface area contributed by atoms with Crippen LogP contribution in [0.3, 0.4) is 0 Å². The lowest BCUT2D eigenvalue weighted by atomic mass is 9.80. The number of hydrogen-bond donors (Lipinski definition) is 2. The lowest BCUT2D eigenvalue weighted by Crippen LogP contribution is -2.63. The molecule has 33 heavy (non-hydrogen) atoms. The van der Waals surface area contributed by atoms with E-state index in [4.69, 9.17) is 28.1 Å². The van der Waals surface area contributed by atoms with E-state index in [1.54, 1.807) is 0 Å². The fourth-order valence-electron chi connectivity index (χ4n) is 2.92. The molecular formula is C16H14B3F6NO6S. The van der Waals surface area contributed by atoms with Crippen LogP contribution in [0.5, 0.6) is 0 Å². The standard InChI is InChI=1S/C16H14B3F6NO6S/c1-7(27)26-12-9(4-18)2-8(3-17)11(10(12)5-19)13(28)32-14(15(20,21)22,16(23,24)25)6-33(29,30)31/h2H,3-6H2,1H3,(H,26,27)(H,29,30,31). The second-order valence-electron chi connectivity index (χ2n) is 6.66. The Morgan fingerprint density at radius 3 is 1.82 bits per heavy atom. The van der Waals surface area contributed by atoms with E-state index in [2.05, 4.69) is 10.1 Å². The zero-order chi connectivity index (χ0) is 26.0. The number of esters is 1. The Kier molecular flexibility index (Phi) is 8.75. The first kappa shape index (κ1) is 28.9. The van der Waals surface area contributed by atoms with Crippen LogP contribution in [0, 0.1) is 0 Å². The SMILES string of the molecule is [B]Cc1cc(C[B])c(C(=O)OC(CS(=O)(=O)O)(C(F)(F)F)C(F)(F)F)c(C[B])c1NC(C)=O. The van der Waals surface area contributed by atoms with Crippen LogP contribution in [-0.2, 0) is 38.6 Å². The molecule has 1 amide bonds. The first-order chi connectivity index (χ1) is 14.8. The second kappa shape index (κ2) is 9.99. The zero-order valence-electron chi connectivity index (χ0n) is 16.8. The van der Waals surface area contributed by atoms with Crippen molar-refractivity contribution < 1.29 is 53.6 Å². The van der Waals surface area contributed by atoms with Gasteiger partial charge in [-0.25, -0.2) is 4.79 Å². The Hall–Kier alpha value is -2.16. The van der Waals surface area contributed by atoms with E-state index < -0.39 is 69.5 Å². The van der Waals surface area contributed by atoms with E-state index >= 15 is 0 Å². The minimum absolute atomic E-state index is 0.0958. The largest absolute Gasteiger partial charge is 0.438 e. The summed E-state index contributed by atoms with van der Waals surface area (Å²) in [5.41, 5.74) is -7.57. The molecule has 0 aromatic heterocycles. The molecule has 0 aliphatic carbocycles. The number of anilines is 1. The quantitative estimate of drug-likeness (QED) is 0.246. The average Bonchev–Trinajstić information content (AvgIpc) is 2.63. The van der Waals surface area contributed by atoms with Crippen molar-refractivity contribution in [3.8, 4) is 0 Å². The van der Waals surface area contributed by atoms with Gasteiger partial charge < -0.3 is 10.1 Å². The molecule has 0 fully saturated rings. The predicted octanol–water partition coefficient (Wildman–Crippen LogP) is 1.56. The van der Waals surface area contributed by atoms with Gasteiger partial charge >= 0.3 is 23.9 Å². The molecule has 6 radical (unpaired) electrons. The van der Waals surface area contributed by atoms with E-state index in [1.807, 2.05) is 0 Å². The van der Waals surface area contributed by atoms with Gasteiger partial charge in [0.05, 0.1) is 29.1 Å². The molecule has 0 spiro atoms. The highest BCUT2D eigenvalue weighted by atomic mass is 32.2. The van der Waals surface area contributed by atoms with Crippen LogP contribution in [0.15, 0.2) is 6.07 Å². The van der Waals surface area contributed by atoms with Gasteiger partial charge in [-0.15, -0.1) is 0 Å². The molecule has 0 atom stereocenters. The van der Waals surface area contributed by atoms with Crippen LogP contribution < -0.4 is 5.32 Å². The molecule has 0 heterocycles. The maximum absolute atomic E-state index is 13.5. The highest BCUT2D eigenvalue weighted by Crippen LogP contribution is 2.47. The highest BCUT2D eigenvalue weighted by Gasteiger charge is 2.76. The van der Waals surface area contributed by atoms with Gasteiger partial charge in [-0.2, -0.15) is 34.8 Å². The van der Waals surface area contributed by atoms with Crippen LogP contribution in [0.1, 0.15) is 34.0 Å². The Bertz CT molecular complexity index is 1020. The molecule has 17 heteroatoms. The third-order valence-electron chi connectivity index (χ3n) is 4.31. The number of ether oxygens (including phenoxy) is 1. The lowest BCUT2D eigenvalue weighted by Gasteiger charge is -2.36. The number of amides is 1. The molecule has 1 aromatic rings. The van der Waals surface area contributed by atoms with Gasteiger partial charge in [-0.05, 0) is 16.7 Å². The topological polar surface area (TPSA) is 110 Å². The fourth-order valence-corrected chi connectivity index (χ4v) is 3.82. The molecule has 7 nitrogen and oxygen atoms in total. The third kappa shape index (κ3) is 6.25. The van der Waals surface area contributed by atoms with Crippen molar-refractivity contribution in [1.29, 1.82) is 0 Å². The van der Waals surface area contributed by atoms with E-state index in [0.29, 0.717) is 0 Å². The third-order valence-corrected chi connectivity index (χ3v) is 5.08. The summed E-state index contributed by atoms with van der Waals surface area (Å²) >= 11 is 0. The van der Waals surface area contributed by atoms with Crippen LogP contribution in [-0.4, -0.2) is 72.1 Å². The Morgan fingerprint density at radius 1 is 1.00 bits per heavy atom. The maximum atomic E-state index is 13.5. The fraction of sp³-hybridized carbons (Fsp3) is 0.500. The van der Waals surface area contributed by atoms with E-state index in [1.165, 1.54) is 0 Å². The van der Waals surface area contributed by atoms with E-state index in [9.17, 15) is 44.3 Å². The highest BCUT2D eigenvalue weighted by molar-refractivity contribution is 7.85. The van der Waals surface area contributed by atoms with Crippen molar-refractivity contribution in [1.82, 2.24) is 0 Å². The van der Waals surface area contributed by atoms with Crippen LogP contribution >= 0.6 is 0 Å². The van der Waals surface area contributed by atoms with Crippen molar-refractivity contribution in [3.63, 3.8) is 0 Å². The number of rotatable bonds is 8. The molecule has 0 unspecified atom stereocenters. The van der Waals surface area contributed by atoms with E-state index in [0.717, 1.165) is 13.0 Å². The van der Waals surface area contributed by atoms with Gasteiger partial charge in [0.15, 0.2) is 0 Å². The Morgan fingerprint density at radius 2 is 1.48 bits per heavy atom. The van der Waals surface area contributed by atoms with Gasteiger partial charge in [-0.1, -0.05) is 25.0 Å². The minimum atomic E-state index is -6.53. The van der Waals surface area contributed by atoms with Gasteiger partial charge in [0.1, 0.15) is 5.75 Å². The molecule has 176 valence electrons. The lowest BCUT2D eigenvalue weighted by molar-refractivity contribution is -0.356. The number of nitrogens with one attached hydrogen (secondary N) is 1. The van der Waals surface area contributed by atoms with E-state index in [-0.39, 0.29) is 23.1 Å². The number of benzene rings is 1. The summed E-state index contributed by atoms with van der Waals surface area (Å²) in [5, 5.41) is 2.22. The summed E-state index contributed by atoms with van der Waals surface area (Å²) in [6.45, 7) is 1.01. The van der Waals surface area contributed by atoms with Gasteiger partial charge in [0.2, 0.25) is 5.91 Å². The van der Waals surface area contributed by atoms with Gasteiger partial charge in [0, 0.05) is 12.6 Å². The van der Waals surface area contributed by atoms with Crippen LogP contribution in [0.25, 0.3) is 0 Å². The molecule has 0 saturated carbocycles. The molecule has 0 saturated heterocycles. The number of halogens is 6. The van der Waals surface area contributed by atoms with Crippen LogP contribution in [0.2, 0.25) is 0 Å². The summed E-state index contributed by atoms with van der Waals surface area (Å²) in [7, 11) is 10.6. The average molecular weight is 495 g/mol. The first-order valence-electron chi connectivity index (χ1n) is 8.72. The molecule has 0 aliphatic rings. The molecule has 0 bridgehead atoms. The maximum Gasteiger partial charge on any atom is 0.438 e. The van der Waals surface area contributed by atoms with Crippen molar-refractivity contribution in [3.05, 3.63) is 28.3 Å². The predicted molar refractivity (Wildman–Crippen MR) is 106 cm³/mol. The molecule has 1 aromatic carbocycles. The zero-order valence-corrected chi connectivity index (χ0v) is 17.6. The smallest absolute Gasteiger partial charge is 0.435 e. The normalized spacial score (nSPS) is 13.0. The van der Waals surface area contributed by atoms with Crippen molar-refractivity contribution in [2.75, 3.05) is 11.1 Å². The number of carbonyl (C=O) groups excluding carboxylic acids is 2. The minimum Gasteiger partial charge on any atom is -0.435 e. The molecule has 0 aliphatic heterocycles. The summed E-state index contributed by atoms with van der Waals surface area (Å²) < 4.78 is 116. The van der Waals surface area contributed by atoms with Crippen molar-refractivity contribution in [2.45, 2.75) is 43.8 Å². The molecule has 1 rings (SSSR count). The van der Waals surface area contributed by atoms with Gasteiger partial charge in [-0.3, -0.25) is 9.35 Å². The van der Waals surface area contributed by atoms with Gasteiger partial charge in [0.25, 0.3) is 10.1 Å². The van der Waals surface area contributed by atoms with Crippen molar-refractivity contribution in [2.24, 2.45) is 0 Å². The monoisotopic (exact) mass is 495 g/mol.